The van der Waals surface area contributed by atoms with Crippen LogP contribution >= 0.6 is 11.8 Å². The van der Waals surface area contributed by atoms with Crippen LogP contribution < -0.4 is 5.73 Å². The van der Waals surface area contributed by atoms with Crippen molar-refractivity contribution in [1.29, 1.82) is 0 Å². The highest BCUT2D eigenvalue weighted by Gasteiger charge is 2.20. The zero-order chi connectivity index (χ0) is 11.0. The number of ether oxygens (including phenoxy) is 1. The van der Waals surface area contributed by atoms with E-state index in [0.717, 1.165) is 25.2 Å². The van der Waals surface area contributed by atoms with Crippen molar-refractivity contribution in [3.8, 4) is 0 Å². The van der Waals surface area contributed by atoms with Gasteiger partial charge < -0.3 is 15.6 Å². The second-order valence-corrected chi connectivity index (χ2v) is 5.59. The minimum atomic E-state index is -0.437. The number of hydrogen-bond donors (Lipinski definition) is 2. The molecule has 0 aliphatic rings. The van der Waals surface area contributed by atoms with Crippen LogP contribution in [0.15, 0.2) is 0 Å². The van der Waals surface area contributed by atoms with Crippen molar-refractivity contribution in [3.63, 3.8) is 0 Å². The Balaban J connectivity index is 3.49. The van der Waals surface area contributed by atoms with Crippen molar-refractivity contribution in [2.75, 3.05) is 26.1 Å². The van der Waals surface area contributed by atoms with Gasteiger partial charge in [0.2, 0.25) is 0 Å². The van der Waals surface area contributed by atoms with Gasteiger partial charge in [-0.2, -0.15) is 11.8 Å². The molecule has 0 aliphatic heterocycles. The molecule has 0 bridgehead atoms. The fraction of sp³-hybridized carbons (Fsp3) is 1.00. The first-order valence-corrected chi connectivity index (χ1v) is 6.07. The molecule has 2 atom stereocenters. The van der Waals surface area contributed by atoms with Gasteiger partial charge in [-0.3, -0.25) is 0 Å². The summed E-state index contributed by atoms with van der Waals surface area (Å²) in [5.41, 5.74) is 5.42. The molecule has 0 amide bonds. The molecule has 0 fully saturated rings. The lowest BCUT2D eigenvalue weighted by molar-refractivity contribution is 0.199. The number of thioether (sulfide) groups is 1. The summed E-state index contributed by atoms with van der Waals surface area (Å²) in [6.07, 6.45) is 1.92. The molecule has 0 aromatic rings. The second-order valence-electron chi connectivity index (χ2n) is 4.04. The number of nitrogens with two attached hydrogens (primary N) is 1. The summed E-state index contributed by atoms with van der Waals surface area (Å²) in [6, 6.07) is 0. The molecule has 0 saturated carbocycles. The quantitative estimate of drug-likeness (QED) is 0.606. The summed E-state index contributed by atoms with van der Waals surface area (Å²) in [5.74, 6) is 1.09. The molecular weight excluding hydrogens is 198 g/mol. The van der Waals surface area contributed by atoms with E-state index in [-0.39, 0.29) is 6.61 Å². The Kier molecular flexibility index (Phi) is 7.64. The van der Waals surface area contributed by atoms with Crippen LogP contribution in [0, 0.1) is 0 Å². The maximum absolute atomic E-state index is 9.00. The first kappa shape index (κ1) is 14.2. The number of aliphatic hydroxyl groups excluding tert-OH is 1. The minimum absolute atomic E-state index is 0.0516. The Bertz CT molecular complexity index is 142. The molecule has 2 unspecified atom stereocenters. The van der Waals surface area contributed by atoms with Gasteiger partial charge in [0.15, 0.2) is 0 Å². The third-order valence-electron chi connectivity index (χ3n) is 2.01. The Morgan fingerprint density at radius 3 is 2.71 bits per heavy atom. The van der Waals surface area contributed by atoms with E-state index in [1.807, 2.05) is 18.7 Å². The molecular formula is C10H23NO2S. The van der Waals surface area contributed by atoms with E-state index in [4.69, 9.17) is 15.6 Å². The molecule has 0 aromatic heterocycles. The Labute approximate surface area is 91.4 Å². The smallest absolute Gasteiger partial charge is 0.0608 e. The first-order valence-electron chi connectivity index (χ1n) is 5.02. The highest BCUT2D eigenvalue weighted by atomic mass is 32.2. The molecule has 14 heavy (non-hydrogen) atoms. The molecule has 4 heteroatoms. The maximum Gasteiger partial charge on any atom is 0.0608 e. The van der Waals surface area contributed by atoms with E-state index >= 15 is 0 Å². The molecule has 0 rings (SSSR count). The van der Waals surface area contributed by atoms with Gasteiger partial charge in [-0.25, -0.2) is 0 Å². The van der Waals surface area contributed by atoms with Gasteiger partial charge in [0.25, 0.3) is 0 Å². The lowest BCUT2D eigenvalue weighted by atomic mass is 9.99. The van der Waals surface area contributed by atoms with Crippen molar-refractivity contribution in [1.82, 2.24) is 0 Å². The van der Waals surface area contributed by atoms with Gasteiger partial charge in [-0.15, -0.1) is 0 Å². The molecule has 0 saturated heterocycles. The van der Waals surface area contributed by atoms with Crippen LogP contribution in [0.2, 0.25) is 0 Å². The van der Waals surface area contributed by atoms with E-state index in [2.05, 4.69) is 6.92 Å². The highest BCUT2D eigenvalue weighted by molar-refractivity contribution is 7.99. The van der Waals surface area contributed by atoms with Crippen molar-refractivity contribution in [2.45, 2.75) is 37.5 Å². The van der Waals surface area contributed by atoms with Gasteiger partial charge >= 0.3 is 0 Å². The van der Waals surface area contributed by atoms with E-state index in [1.54, 1.807) is 7.11 Å². The number of aliphatic hydroxyl groups is 1. The fourth-order valence-corrected chi connectivity index (χ4v) is 2.45. The zero-order valence-electron chi connectivity index (χ0n) is 9.45. The van der Waals surface area contributed by atoms with Crippen LogP contribution in [-0.2, 0) is 4.74 Å². The molecule has 3 nitrogen and oxygen atoms in total. The summed E-state index contributed by atoms with van der Waals surface area (Å²) in [7, 11) is 1.72. The average molecular weight is 221 g/mol. The van der Waals surface area contributed by atoms with Crippen LogP contribution in [0.25, 0.3) is 0 Å². The summed E-state index contributed by atoms with van der Waals surface area (Å²) < 4.78 is 4.97. The Morgan fingerprint density at radius 2 is 2.21 bits per heavy atom. The van der Waals surface area contributed by atoms with Crippen LogP contribution in [0.3, 0.4) is 0 Å². The van der Waals surface area contributed by atoms with Crippen molar-refractivity contribution in [2.24, 2.45) is 5.73 Å². The summed E-state index contributed by atoms with van der Waals surface area (Å²) >= 11 is 1.89. The predicted molar refractivity (Wildman–Crippen MR) is 62.7 cm³/mol. The SMILES string of the molecule is COCCCSC(C)CC(C)(N)CO. The van der Waals surface area contributed by atoms with Gasteiger partial charge in [0.05, 0.1) is 6.61 Å². The van der Waals surface area contributed by atoms with E-state index in [9.17, 15) is 0 Å². The van der Waals surface area contributed by atoms with E-state index < -0.39 is 5.54 Å². The molecule has 86 valence electrons. The van der Waals surface area contributed by atoms with Crippen LogP contribution in [-0.4, -0.2) is 42.0 Å². The Morgan fingerprint density at radius 1 is 1.57 bits per heavy atom. The van der Waals surface area contributed by atoms with E-state index in [0.29, 0.717) is 5.25 Å². The van der Waals surface area contributed by atoms with Crippen molar-refractivity contribution >= 4 is 11.8 Å². The monoisotopic (exact) mass is 221 g/mol. The number of hydrogen-bond acceptors (Lipinski definition) is 4. The largest absolute Gasteiger partial charge is 0.394 e. The molecule has 3 N–H and O–H groups in total. The molecule has 0 radical (unpaired) electrons. The second kappa shape index (κ2) is 7.51. The molecule has 0 aliphatic carbocycles. The van der Waals surface area contributed by atoms with Crippen LogP contribution in [0.4, 0.5) is 0 Å². The van der Waals surface area contributed by atoms with Crippen LogP contribution in [0.5, 0.6) is 0 Å². The van der Waals surface area contributed by atoms with Gasteiger partial charge in [0.1, 0.15) is 0 Å². The lowest BCUT2D eigenvalue weighted by Gasteiger charge is -2.25. The minimum Gasteiger partial charge on any atom is -0.394 e. The number of rotatable bonds is 8. The maximum atomic E-state index is 9.00. The van der Waals surface area contributed by atoms with Crippen molar-refractivity contribution in [3.05, 3.63) is 0 Å². The summed E-state index contributed by atoms with van der Waals surface area (Å²) in [5, 5.41) is 9.49. The normalized spacial score (nSPS) is 17.8. The van der Waals surface area contributed by atoms with Gasteiger partial charge in [-0.1, -0.05) is 6.92 Å². The summed E-state index contributed by atoms with van der Waals surface area (Å²) in [4.78, 5) is 0. The van der Waals surface area contributed by atoms with E-state index in [1.165, 1.54) is 0 Å². The highest BCUT2D eigenvalue weighted by Crippen LogP contribution is 2.20. The topological polar surface area (TPSA) is 55.5 Å². The van der Waals surface area contributed by atoms with Crippen molar-refractivity contribution < 1.29 is 9.84 Å². The Hall–Kier alpha value is 0.230. The molecule has 0 spiro atoms. The molecule has 0 aromatic carbocycles. The zero-order valence-corrected chi connectivity index (χ0v) is 10.3. The summed E-state index contributed by atoms with van der Waals surface area (Å²) in [6.45, 7) is 4.91. The fourth-order valence-electron chi connectivity index (χ4n) is 1.27. The molecule has 0 heterocycles. The average Bonchev–Trinajstić information content (AvgIpc) is 2.12. The first-order chi connectivity index (χ1) is 6.52. The third-order valence-corrected chi connectivity index (χ3v) is 3.27. The lowest BCUT2D eigenvalue weighted by Crippen LogP contribution is -2.42. The van der Waals surface area contributed by atoms with Crippen LogP contribution in [0.1, 0.15) is 26.7 Å². The standard InChI is InChI=1S/C10H23NO2S/c1-9(7-10(2,11)8-12)14-6-4-5-13-3/h9,12H,4-8,11H2,1-3H3. The predicted octanol–water partition coefficient (Wildman–Crippen LogP) is 1.24. The van der Waals surface area contributed by atoms with Gasteiger partial charge in [-0.05, 0) is 25.5 Å². The number of methoxy groups -OCH3 is 1. The third kappa shape index (κ3) is 7.62. The van der Waals surface area contributed by atoms with Gasteiger partial charge in [0, 0.05) is 24.5 Å².